The van der Waals surface area contributed by atoms with Crippen LogP contribution in [0.4, 0.5) is 5.82 Å². The van der Waals surface area contributed by atoms with Gasteiger partial charge in [0.05, 0.1) is 44.1 Å². The molecule has 27 heavy (non-hydrogen) atoms. The minimum Gasteiger partial charge on any atom is -0.493 e. The maximum Gasteiger partial charge on any atom is 0.231 e. The molecule has 0 bridgehead atoms. The number of H-pyrrole nitrogens is 1. The molecule has 0 aliphatic carbocycles. The number of carbonyl (C=O) groups excluding carboxylic acids is 1. The predicted octanol–water partition coefficient (Wildman–Crippen LogP) is 3.05. The zero-order chi connectivity index (χ0) is 19.4. The van der Waals surface area contributed by atoms with Crippen LogP contribution in [-0.2, 0) is 11.2 Å². The summed E-state index contributed by atoms with van der Waals surface area (Å²) in [5, 5.41) is 12.6. The molecule has 0 saturated carbocycles. The summed E-state index contributed by atoms with van der Waals surface area (Å²) in [5.74, 6) is 1.83. The molecule has 1 aromatic carbocycles. The lowest BCUT2D eigenvalue weighted by Gasteiger charge is -2.13. The molecule has 0 aliphatic heterocycles. The third-order valence-electron chi connectivity index (χ3n) is 3.83. The molecule has 2 aromatic heterocycles. The second kappa shape index (κ2) is 8.09. The number of aromatic amines is 1. The van der Waals surface area contributed by atoms with Gasteiger partial charge in [0.1, 0.15) is 0 Å². The average Bonchev–Trinajstić information content (AvgIpc) is 3.29. The highest BCUT2D eigenvalue weighted by Crippen LogP contribution is 2.41. The van der Waals surface area contributed by atoms with E-state index in [2.05, 4.69) is 20.5 Å². The van der Waals surface area contributed by atoms with E-state index in [9.17, 15) is 4.79 Å². The first kappa shape index (κ1) is 18.7. The number of methoxy groups -OCH3 is 3. The van der Waals surface area contributed by atoms with E-state index in [1.54, 1.807) is 39.5 Å². The SMILES string of the molecule is COc1cc(-c2cc(NC(=O)Cc3csc(C)n3)n[nH]2)cc(OC)c1OC. The van der Waals surface area contributed by atoms with Crippen molar-refractivity contribution in [3.8, 4) is 28.5 Å². The van der Waals surface area contributed by atoms with E-state index in [-0.39, 0.29) is 12.3 Å². The van der Waals surface area contributed by atoms with Crippen molar-refractivity contribution < 1.29 is 19.0 Å². The number of nitrogens with zero attached hydrogens (tertiary/aromatic N) is 2. The second-order valence-corrected chi connectivity index (χ2v) is 6.73. The van der Waals surface area contributed by atoms with Crippen LogP contribution in [-0.4, -0.2) is 42.4 Å². The molecular weight excluding hydrogens is 368 g/mol. The van der Waals surface area contributed by atoms with Crippen LogP contribution in [0, 0.1) is 6.92 Å². The Hall–Kier alpha value is -3.07. The topological polar surface area (TPSA) is 98.4 Å². The fraction of sp³-hybridized carbons (Fsp3) is 0.278. The lowest BCUT2D eigenvalue weighted by molar-refractivity contribution is -0.115. The molecule has 3 aromatic rings. The Balaban J connectivity index is 1.78. The number of rotatable bonds is 7. The van der Waals surface area contributed by atoms with Gasteiger partial charge in [0.2, 0.25) is 11.7 Å². The Labute approximate surface area is 160 Å². The Morgan fingerprint density at radius 2 is 1.85 bits per heavy atom. The molecule has 0 atom stereocenters. The van der Waals surface area contributed by atoms with E-state index < -0.39 is 0 Å². The highest BCUT2D eigenvalue weighted by atomic mass is 32.1. The number of hydrogen-bond acceptors (Lipinski definition) is 7. The summed E-state index contributed by atoms with van der Waals surface area (Å²) in [7, 11) is 4.66. The molecule has 0 radical (unpaired) electrons. The highest BCUT2D eigenvalue weighted by molar-refractivity contribution is 7.09. The Morgan fingerprint density at radius 3 is 2.41 bits per heavy atom. The molecule has 2 heterocycles. The minimum atomic E-state index is -0.178. The van der Waals surface area contributed by atoms with Crippen LogP contribution < -0.4 is 19.5 Å². The zero-order valence-electron chi connectivity index (χ0n) is 15.5. The van der Waals surface area contributed by atoms with Crippen molar-refractivity contribution in [3.63, 3.8) is 0 Å². The second-order valence-electron chi connectivity index (χ2n) is 5.66. The van der Waals surface area contributed by atoms with Gasteiger partial charge in [-0.15, -0.1) is 11.3 Å². The van der Waals surface area contributed by atoms with Crippen molar-refractivity contribution in [2.75, 3.05) is 26.6 Å². The van der Waals surface area contributed by atoms with Crippen molar-refractivity contribution >= 4 is 23.1 Å². The van der Waals surface area contributed by atoms with Crippen molar-refractivity contribution in [2.45, 2.75) is 13.3 Å². The molecule has 0 aliphatic rings. The number of anilines is 1. The van der Waals surface area contributed by atoms with Gasteiger partial charge in [0.15, 0.2) is 17.3 Å². The summed E-state index contributed by atoms with van der Waals surface area (Å²) in [6.45, 7) is 1.91. The number of thiazole rings is 1. The van der Waals surface area contributed by atoms with E-state index in [1.807, 2.05) is 12.3 Å². The summed E-state index contributed by atoms with van der Waals surface area (Å²) >= 11 is 1.52. The van der Waals surface area contributed by atoms with Crippen LogP contribution in [0.3, 0.4) is 0 Å². The van der Waals surface area contributed by atoms with E-state index in [0.717, 1.165) is 16.3 Å². The standard InChI is InChI=1S/C18H20N4O4S/c1-10-19-12(9-27-10)7-17(23)20-16-8-13(21-22-16)11-5-14(24-2)18(26-4)15(6-11)25-3/h5-6,8-9H,7H2,1-4H3,(H2,20,21,22,23). The molecule has 1 amide bonds. The summed E-state index contributed by atoms with van der Waals surface area (Å²) in [6, 6.07) is 5.35. The average molecular weight is 388 g/mol. The molecule has 2 N–H and O–H groups in total. The highest BCUT2D eigenvalue weighted by Gasteiger charge is 2.16. The van der Waals surface area contributed by atoms with Crippen molar-refractivity contribution in [3.05, 3.63) is 34.3 Å². The molecule has 142 valence electrons. The van der Waals surface area contributed by atoms with Gasteiger partial charge in [-0.05, 0) is 19.1 Å². The molecule has 0 saturated heterocycles. The molecule has 0 unspecified atom stereocenters. The number of hydrogen-bond donors (Lipinski definition) is 2. The minimum absolute atomic E-state index is 0.178. The van der Waals surface area contributed by atoms with Gasteiger partial charge in [0.25, 0.3) is 0 Å². The van der Waals surface area contributed by atoms with Crippen LogP contribution in [0.1, 0.15) is 10.7 Å². The summed E-state index contributed by atoms with van der Waals surface area (Å²) < 4.78 is 16.1. The number of carbonyl (C=O) groups is 1. The largest absolute Gasteiger partial charge is 0.493 e. The monoisotopic (exact) mass is 388 g/mol. The Morgan fingerprint density at radius 1 is 1.15 bits per heavy atom. The van der Waals surface area contributed by atoms with Crippen molar-refractivity contribution in [1.82, 2.24) is 15.2 Å². The zero-order valence-corrected chi connectivity index (χ0v) is 16.3. The summed E-state index contributed by atoms with van der Waals surface area (Å²) in [5.41, 5.74) is 2.23. The van der Waals surface area contributed by atoms with Gasteiger partial charge < -0.3 is 19.5 Å². The number of nitrogens with one attached hydrogen (secondary N) is 2. The molecule has 9 heteroatoms. The van der Waals surface area contributed by atoms with Crippen LogP contribution in [0.5, 0.6) is 17.2 Å². The molecule has 3 rings (SSSR count). The maximum atomic E-state index is 12.2. The Kier molecular flexibility index (Phi) is 5.60. The maximum absolute atomic E-state index is 12.2. The van der Waals surface area contributed by atoms with Crippen LogP contribution in [0.2, 0.25) is 0 Å². The third-order valence-corrected chi connectivity index (χ3v) is 4.65. The number of benzene rings is 1. The van der Waals surface area contributed by atoms with Gasteiger partial charge in [-0.1, -0.05) is 0 Å². The van der Waals surface area contributed by atoms with E-state index in [1.165, 1.54) is 11.3 Å². The molecule has 8 nitrogen and oxygen atoms in total. The summed E-state index contributed by atoms with van der Waals surface area (Å²) in [6.07, 6.45) is 0.205. The van der Waals surface area contributed by atoms with Gasteiger partial charge in [-0.2, -0.15) is 5.10 Å². The number of amides is 1. The first-order valence-electron chi connectivity index (χ1n) is 8.10. The lowest BCUT2D eigenvalue weighted by atomic mass is 10.1. The fourth-order valence-corrected chi connectivity index (χ4v) is 3.22. The molecule has 0 spiro atoms. The first-order valence-corrected chi connectivity index (χ1v) is 8.98. The van der Waals surface area contributed by atoms with Crippen LogP contribution >= 0.6 is 11.3 Å². The van der Waals surface area contributed by atoms with Gasteiger partial charge in [-0.3, -0.25) is 9.89 Å². The molecule has 0 fully saturated rings. The summed E-state index contributed by atoms with van der Waals surface area (Å²) in [4.78, 5) is 16.5. The fourth-order valence-electron chi connectivity index (χ4n) is 2.61. The molecular formula is C18H20N4O4S. The number of aryl methyl sites for hydroxylation is 1. The van der Waals surface area contributed by atoms with Gasteiger partial charge >= 0.3 is 0 Å². The van der Waals surface area contributed by atoms with Crippen LogP contribution in [0.25, 0.3) is 11.3 Å². The van der Waals surface area contributed by atoms with E-state index in [0.29, 0.717) is 28.8 Å². The third kappa shape index (κ3) is 4.20. The van der Waals surface area contributed by atoms with E-state index >= 15 is 0 Å². The van der Waals surface area contributed by atoms with Gasteiger partial charge in [0, 0.05) is 17.0 Å². The number of aromatic nitrogens is 3. The quantitative estimate of drug-likeness (QED) is 0.645. The normalized spacial score (nSPS) is 10.5. The Bertz CT molecular complexity index is 925. The van der Waals surface area contributed by atoms with Crippen LogP contribution in [0.15, 0.2) is 23.6 Å². The lowest BCUT2D eigenvalue weighted by Crippen LogP contribution is -2.14. The van der Waals surface area contributed by atoms with Crippen molar-refractivity contribution in [2.24, 2.45) is 0 Å². The van der Waals surface area contributed by atoms with Gasteiger partial charge in [-0.25, -0.2) is 4.98 Å². The number of ether oxygens (including phenoxy) is 3. The predicted molar refractivity (Wildman–Crippen MR) is 103 cm³/mol. The van der Waals surface area contributed by atoms with Crippen molar-refractivity contribution in [1.29, 1.82) is 0 Å². The first-order chi connectivity index (χ1) is 13.0. The smallest absolute Gasteiger partial charge is 0.231 e. The van der Waals surface area contributed by atoms with E-state index in [4.69, 9.17) is 14.2 Å².